The molecule has 0 bridgehead atoms. The number of para-hydroxylation sites is 1. The molecule has 0 spiro atoms. The van der Waals surface area contributed by atoms with Crippen LogP contribution in [-0.4, -0.2) is 24.4 Å². The first kappa shape index (κ1) is 14.4. The molecule has 0 amide bonds. The van der Waals surface area contributed by atoms with Crippen LogP contribution in [0.2, 0.25) is 0 Å². The first-order chi connectivity index (χ1) is 9.23. The monoisotopic (exact) mass is 263 g/mol. The van der Waals surface area contributed by atoms with Crippen LogP contribution in [0.3, 0.4) is 0 Å². The van der Waals surface area contributed by atoms with Crippen molar-refractivity contribution in [2.75, 3.05) is 19.0 Å². The fourth-order valence-electron chi connectivity index (χ4n) is 2.80. The van der Waals surface area contributed by atoms with Crippen LogP contribution >= 0.6 is 0 Å². The van der Waals surface area contributed by atoms with Gasteiger partial charge in [0.2, 0.25) is 0 Å². The number of nitrogens with one attached hydrogen (secondary N) is 1. The third-order valence-electron chi connectivity index (χ3n) is 3.96. The van der Waals surface area contributed by atoms with Crippen LogP contribution in [-0.2, 0) is 11.3 Å². The molecule has 2 N–H and O–H groups in total. The molecule has 2 rings (SSSR count). The summed E-state index contributed by atoms with van der Waals surface area (Å²) in [6.07, 6.45) is 6.60. The Labute approximate surface area is 116 Å². The van der Waals surface area contributed by atoms with Gasteiger partial charge in [0.05, 0.1) is 12.2 Å². The number of ether oxygens (including phenoxy) is 1. The molecule has 0 aromatic heterocycles. The maximum absolute atomic E-state index is 10.6. The van der Waals surface area contributed by atoms with Crippen LogP contribution in [0.25, 0.3) is 0 Å². The van der Waals surface area contributed by atoms with E-state index >= 15 is 0 Å². The van der Waals surface area contributed by atoms with Crippen molar-refractivity contribution in [3.63, 3.8) is 0 Å². The second-order valence-corrected chi connectivity index (χ2v) is 5.58. The molecule has 1 aliphatic carbocycles. The molecular weight excluding hydrogens is 238 g/mol. The molecule has 1 aromatic carbocycles. The molecule has 3 heteroatoms. The van der Waals surface area contributed by atoms with Crippen molar-refractivity contribution < 1.29 is 9.84 Å². The Bertz CT molecular complexity index is 384. The SMILES string of the molecule is COCc1ccccc1NCC1(O)CCCCCC1. The van der Waals surface area contributed by atoms with Crippen molar-refractivity contribution in [3.8, 4) is 0 Å². The van der Waals surface area contributed by atoms with E-state index in [1.54, 1.807) is 7.11 Å². The molecule has 0 atom stereocenters. The van der Waals surface area contributed by atoms with Gasteiger partial charge in [0, 0.05) is 24.9 Å². The molecule has 19 heavy (non-hydrogen) atoms. The van der Waals surface area contributed by atoms with E-state index in [1.165, 1.54) is 12.8 Å². The van der Waals surface area contributed by atoms with Crippen molar-refractivity contribution in [2.24, 2.45) is 0 Å². The lowest BCUT2D eigenvalue weighted by molar-refractivity contribution is 0.0381. The molecule has 1 aromatic rings. The molecule has 0 saturated heterocycles. The van der Waals surface area contributed by atoms with E-state index < -0.39 is 5.60 Å². The lowest BCUT2D eigenvalue weighted by atomic mass is 9.94. The van der Waals surface area contributed by atoms with Crippen LogP contribution in [0.1, 0.15) is 44.1 Å². The van der Waals surface area contributed by atoms with E-state index in [9.17, 15) is 5.11 Å². The van der Waals surface area contributed by atoms with Gasteiger partial charge in [0.1, 0.15) is 0 Å². The van der Waals surface area contributed by atoms with Gasteiger partial charge in [-0.05, 0) is 18.9 Å². The predicted molar refractivity (Wildman–Crippen MR) is 78.3 cm³/mol. The van der Waals surface area contributed by atoms with E-state index in [0.29, 0.717) is 13.2 Å². The van der Waals surface area contributed by atoms with Crippen LogP contribution in [0.15, 0.2) is 24.3 Å². The Morgan fingerprint density at radius 2 is 1.84 bits per heavy atom. The summed E-state index contributed by atoms with van der Waals surface area (Å²) in [5, 5.41) is 14.0. The van der Waals surface area contributed by atoms with Crippen LogP contribution in [0.5, 0.6) is 0 Å². The number of aliphatic hydroxyl groups is 1. The number of rotatable bonds is 5. The molecule has 0 unspecified atom stereocenters. The number of benzene rings is 1. The van der Waals surface area contributed by atoms with Gasteiger partial charge in [-0.1, -0.05) is 43.9 Å². The molecule has 1 fully saturated rings. The van der Waals surface area contributed by atoms with Crippen LogP contribution in [0, 0.1) is 0 Å². The zero-order valence-electron chi connectivity index (χ0n) is 11.8. The summed E-state index contributed by atoms with van der Waals surface area (Å²) in [5.41, 5.74) is 1.67. The zero-order chi connectivity index (χ0) is 13.6. The standard InChI is InChI=1S/C16H25NO2/c1-19-12-14-8-4-5-9-15(14)17-13-16(18)10-6-2-3-7-11-16/h4-5,8-9,17-18H,2-3,6-7,10-13H2,1H3. The van der Waals surface area contributed by atoms with E-state index in [-0.39, 0.29) is 0 Å². The molecule has 0 heterocycles. The molecule has 3 nitrogen and oxygen atoms in total. The van der Waals surface area contributed by atoms with Gasteiger partial charge in [-0.15, -0.1) is 0 Å². The third kappa shape index (κ3) is 4.22. The number of methoxy groups -OCH3 is 1. The molecule has 0 radical (unpaired) electrons. The van der Waals surface area contributed by atoms with Gasteiger partial charge in [-0.3, -0.25) is 0 Å². The van der Waals surface area contributed by atoms with E-state index in [2.05, 4.69) is 17.4 Å². The molecule has 1 aliphatic rings. The summed E-state index contributed by atoms with van der Waals surface area (Å²) in [5.74, 6) is 0. The minimum atomic E-state index is -0.545. The van der Waals surface area contributed by atoms with Gasteiger partial charge in [-0.25, -0.2) is 0 Å². The maximum atomic E-state index is 10.6. The topological polar surface area (TPSA) is 41.5 Å². The Morgan fingerprint density at radius 1 is 1.16 bits per heavy atom. The summed E-state index contributed by atoms with van der Waals surface area (Å²) < 4.78 is 5.20. The average Bonchev–Trinajstić information content (AvgIpc) is 2.64. The number of hydrogen-bond donors (Lipinski definition) is 2. The highest BCUT2D eigenvalue weighted by Crippen LogP contribution is 2.28. The van der Waals surface area contributed by atoms with Gasteiger partial charge in [0.25, 0.3) is 0 Å². The number of hydrogen-bond acceptors (Lipinski definition) is 3. The zero-order valence-corrected chi connectivity index (χ0v) is 11.8. The first-order valence-corrected chi connectivity index (χ1v) is 7.27. The quantitative estimate of drug-likeness (QED) is 0.801. The van der Waals surface area contributed by atoms with Crippen molar-refractivity contribution in [2.45, 2.75) is 50.7 Å². The summed E-state index contributed by atoms with van der Waals surface area (Å²) in [4.78, 5) is 0. The van der Waals surface area contributed by atoms with Gasteiger partial charge < -0.3 is 15.2 Å². The normalized spacial score (nSPS) is 18.8. The highest BCUT2D eigenvalue weighted by atomic mass is 16.5. The lowest BCUT2D eigenvalue weighted by Crippen LogP contribution is -2.36. The minimum absolute atomic E-state index is 0.545. The first-order valence-electron chi connectivity index (χ1n) is 7.27. The van der Waals surface area contributed by atoms with Gasteiger partial charge in [-0.2, -0.15) is 0 Å². The van der Waals surface area contributed by atoms with E-state index in [1.807, 2.05) is 12.1 Å². The lowest BCUT2D eigenvalue weighted by Gasteiger charge is -2.28. The molecule has 1 saturated carbocycles. The third-order valence-corrected chi connectivity index (χ3v) is 3.96. The smallest absolute Gasteiger partial charge is 0.0819 e. The van der Waals surface area contributed by atoms with E-state index in [4.69, 9.17) is 4.74 Å². The second kappa shape index (κ2) is 6.92. The Morgan fingerprint density at radius 3 is 2.53 bits per heavy atom. The highest BCUT2D eigenvalue weighted by Gasteiger charge is 2.27. The molecular formula is C16H25NO2. The highest BCUT2D eigenvalue weighted by molar-refractivity contribution is 5.51. The van der Waals surface area contributed by atoms with Crippen LogP contribution < -0.4 is 5.32 Å². The van der Waals surface area contributed by atoms with Gasteiger partial charge in [0.15, 0.2) is 0 Å². The molecule has 0 aliphatic heterocycles. The van der Waals surface area contributed by atoms with Crippen molar-refractivity contribution in [1.29, 1.82) is 0 Å². The summed E-state index contributed by atoms with van der Waals surface area (Å²) in [7, 11) is 1.70. The average molecular weight is 263 g/mol. The largest absolute Gasteiger partial charge is 0.388 e. The van der Waals surface area contributed by atoms with Crippen molar-refractivity contribution in [3.05, 3.63) is 29.8 Å². The fraction of sp³-hybridized carbons (Fsp3) is 0.625. The Kier molecular flexibility index (Phi) is 5.23. The van der Waals surface area contributed by atoms with Crippen molar-refractivity contribution in [1.82, 2.24) is 0 Å². The maximum Gasteiger partial charge on any atom is 0.0819 e. The fourth-order valence-corrected chi connectivity index (χ4v) is 2.80. The van der Waals surface area contributed by atoms with Crippen molar-refractivity contribution >= 4 is 5.69 Å². The summed E-state index contributed by atoms with van der Waals surface area (Å²) in [6.45, 7) is 1.23. The Hall–Kier alpha value is -1.06. The predicted octanol–water partition coefficient (Wildman–Crippen LogP) is 3.33. The van der Waals surface area contributed by atoms with Gasteiger partial charge >= 0.3 is 0 Å². The summed E-state index contributed by atoms with van der Waals surface area (Å²) in [6, 6.07) is 8.13. The minimum Gasteiger partial charge on any atom is -0.388 e. The second-order valence-electron chi connectivity index (χ2n) is 5.58. The van der Waals surface area contributed by atoms with E-state index in [0.717, 1.165) is 36.9 Å². The Balaban J connectivity index is 1.97. The molecule has 106 valence electrons. The number of anilines is 1. The summed E-state index contributed by atoms with van der Waals surface area (Å²) >= 11 is 0. The van der Waals surface area contributed by atoms with Crippen LogP contribution in [0.4, 0.5) is 5.69 Å².